The molecule has 4 heterocycles. The molecule has 7 heteroatoms. The largest absolute Gasteiger partial charge is 0.337 e. The monoisotopic (exact) mass is 340 g/mol. The summed E-state index contributed by atoms with van der Waals surface area (Å²) in [4.78, 5) is 23.9. The van der Waals surface area contributed by atoms with E-state index in [4.69, 9.17) is 4.52 Å². The Morgan fingerprint density at radius 2 is 2.12 bits per heavy atom. The number of hydrogen-bond donors (Lipinski definition) is 0. The summed E-state index contributed by atoms with van der Waals surface area (Å²) in [6.45, 7) is 0.717. The minimum atomic E-state index is -0.156. The molecule has 0 aliphatic carbocycles. The van der Waals surface area contributed by atoms with Crippen LogP contribution in [0.3, 0.4) is 0 Å². The molecular formula is C17H16N4O2S. The van der Waals surface area contributed by atoms with Crippen molar-refractivity contribution >= 4 is 17.2 Å². The second-order valence-electron chi connectivity index (χ2n) is 5.68. The molecule has 1 aliphatic heterocycles. The Kier molecular flexibility index (Phi) is 4.08. The molecule has 0 unspecified atom stereocenters. The van der Waals surface area contributed by atoms with Crippen LogP contribution >= 0.6 is 11.3 Å². The fourth-order valence-corrected chi connectivity index (χ4v) is 3.64. The number of piperidine rings is 1. The van der Waals surface area contributed by atoms with Crippen LogP contribution in [0.15, 0.2) is 46.6 Å². The number of likely N-dealkylation sites (tertiary alicyclic amines) is 1. The zero-order valence-corrected chi connectivity index (χ0v) is 13.8. The molecule has 3 aromatic heterocycles. The Morgan fingerprint density at radius 1 is 1.25 bits per heavy atom. The van der Waals surface area contributed by atoms with E-state index in [9.17, 15) is 4.79 Å². The molecule has 0 N–H and O–H groups in total. The van der Waals surface area contributed by atoms with Crippen molar-refractivity contribution in [3.63, 3.8) is 0 Å². The highest BCUT2D eigenvalue weighted by Gasteiger charge is 2.33. The van der Waals surface area contributed by atoms with Crippen molar-refractivity contribution in [2.24, 2.45) is 0 Å². The lowest BCUT2D eigenvalue weighted by Crippen LogP contribution is -2.38. The van der Waals surface area contributed by atoms with Crippen LogP contribution in [0.1, 0.15) is 40.9 Å². The summed E-state index contributed by atoms with van der Waals surface area (Å²) in [5, 5.41) is 5.99. The van der Waals surface area contributed by atoms with Gasteiger partial charge in [0.15, 0.2) is 0 Å². The highest BCUT2D eigenvalue weighted by atomic mass is 32.1. The number of nitrogens with zero attached hydrogens (tertiary/aromatic N) is 4. The van der Waals surface area contributed by atoms with Crippen LogP contribution in [-0.4, -0.2) is 32.5 Å². The summed E-state index contributed by atoms with van der Waals surface area (Å²) in [6, 6.07) is 7.27. The van der Waals surface area contributed by atoms with E-state index < -0.39 is 0 Å². The van der Waals surface area contributed by atoms with Gasteiger partial charge in [-0.05, 0) is 42.8 Å². The first kappa shape index (κ1) is 15.0. The topological polar surface area (TPSA) is 72.1 Å². The Morgan fingerprint density at radius 3 is 2.92 bits per heavy atom. The van der Waals surface area contributed by atoms with Crippen molar-refractivity contribution in [1.82, 2.24) is 20.0 Å². The van der Waals surface area contributed by atoms with Crippen molar-refractivity contribution in [2.45, 2.75) is 25.3 Å². The molecule has 3 aromatic rings. The van der Waals surface area contributed by atoms with Gasteiger partial charge in [-0.25, -0.2) is 0 Å². The smallest absolute Gasteiger partial charge is 0.264 e. The normalized spacial score (nSPS) is 17.8. The number of pyridine rings is 1. The van der Waals surface area contributed by atoms with Gasteiger partial charge in [-0.2, -0.15) is 4.98 Å². The summed E-state index contributed by atoms with van der Waals surface area (Å²) in [5.41, 5.74) is 0.854. The first-order chi connectivity index (χ1) is 11.8. The third kappa shape index (κ3) is 2.82. The van der Waals surface area contributed by atoms with Crippen molar-refractivity contribution in [3.8, 4) is 11.4 Å². The maximum absolute atomic E-state index is 12.8. The van der Waals surface area contributed by atoms with E-state index in [0.717, 1.165) is 29.7 Å². The van der Waals surface area contributed by atoms with E-state index in [1.807, 2.05) is 34.5 Å². The molecule has 0 radical (unpaired) electrons. The maximum Gasteiger partial charge on any atom is 0.264 e. The Balaban J connectivity index is 1.62. The van der Waals surface area contributed by atoms with Gasteiger partial charge in [0.05, 0.1) is 4.88 Å². The van der Waals surface area contributed by atoms with E-state index in [2.05, 4.69) is 15.1 Å². The zero-order valence-electron chi connectivity index (χ0n) is 13.0. The molecule has 1 fully saturated rings. The number of hydrogen-bond acceptors (Lipinski definition) is 6. The first-order valence-corrected chi connectivity index (χ1v) is 8.79. The van der Waals surface area contributed by atoms with Crippen LogP contribution < -0.4 is 0 Å². The van der Waals surface area contributed by atoms with Crippen LogP contribution in [0.2, 0.25) is 0 Å². The van der Waals surface area contributed by atoms with Crippen molar-refractivity contribution in [1.29, 1.82) is 0 Å². The molecule has 122 valence electrons. The van der Waals surface area contributed by atoms with Gasteiger partial charge in [0.25, 0.3) is 5.91 Å². The molecule has 0 aromatic carbocycles. The van der Waals surface area contributed by atoms with Gasteiger partial charge >= 0.3 is 0 Å². The van der Waals surface area contributed by atoms with Crippen LogP contribution in [-0.2, 0) is 0 Å². The second-order valence-corrected chi connectivity index (χ2v) is 6.63. The number of aromatic nitrogens is 3. The van der Waals surface area contributed by atoms with E-state index in [1.165, 1.54) is 11.3 Å². The number of thiophene rings is 1. The predicted molar refractivity (Wildman–Crippen MR) is 89.5 cm³/mol. The minimum Gasteiger partial charge on any atom is -0.337 e. The third-order valence-electron chi connectivity index (χ3n) is 4.16. The van der Waals surface area contributed by atoms with Crippen molar-refractivity contribution < 1.29 is 9.32 Å². The van der Waals surface area contributed by atoms with E-state index in [0.29, 0.717) is 18.3 Å². The van der Waals surface area contributed by atoms with Gasteiger partial charge in [0.1, 0.15) is 6.04 Å². The molecule has 1 atom stereocenters. The molecule has 6 nitrogen and oxygen atoms in total. The fraction of sp³-hybridized carbons (Fsp3) is 0.294. The predicted octanol–water partition coefficient (Wildman–Crippen LogP) is 3.56. The lowest BCUT2D eigenvalue weighted by molar-refractivity contribution is 0.0566. The SMILES string of the molecule is O=C(c1cccs1)N1CCCC[C@H]1c1nc(-c2ccncc2)no1. The zero-order chi connectivity index (χ0) is 16.4. The molecule has 0 bridgehead atoms. The average Bonchev–Trinajstić information content (AvgIpc) is 3.34. The average molecular weight is 340 g/mol. The van der Waals surface area contributed by atoms with Gasteiger partial charge < -0.3 is 9.42 Å². The molecular weight excluding hydrogens is 324 g/mol. The van der Waals surface area contributed by atoms with Crippen molar-refractivity contribution in [2.75, 3.05) is 6.54 Å². The van der Waals surface area contributed by atoms with Gasteiger partial charge in [-0.15, -0.1) is 11.3 Å². The van der Waals surface area contributed by atoms with Crippen molar-refractivity contribution in [3.05, 3.63) is 52.8 Å². The van der Waals surface area contributed by atoms with E-state index >= 15 is 0 Å². The summed E-state index contributed by atoms with van der Waals surface area (Å²) in [5.74, 6) is 1.08. The van der Waals surface area contributed by atoms with E-state index in [-0.39, 0.29) is 11.9 Å². The van der Waals surface area contributed by atoms with E-state index in [1.54, 1.807) is 12.4 Å². The summed E-state index contributed by atoms with van der Waals surface area (Å²) in [6.07, 6.45) is 6.27. The molecule has 0 spiro atoms. The number of carbonyl (C=O) groups excluding carboxylic acids is 1. The Bertz CT molecular complexity index is 816. The van der Waals surface area contributed by atoms with Gasteiger partial charge in [0.2, 0.25) is 11.7 Å². The van der Waals surface area contributed by atoms with Crippen LogP contribution in [0.25, 0.3) is 11.4 Å². The fourth-order valence-electron chi connectivity index (χ4n) is 2.96. The molecule has 1 aliphatic rings. The van der Waals surface area contributed by atoms with Crippen LogP contribution in [0.4, 0.5) is 0 Å². The standard InChI is InChI=1S/C17H16N4O2S/c22-17(14-5-3-11-24-14)21-10-2-1-4-13(21)16-19-15(20-23-16)12-6-8-18-9-7-12/h3,5-9,11,13H,1-2,4,10H2/t13-/m0/s1. The van der Waals surface area contributed by atoms with Crippen LogP contribution in [0.5, 0.6) is 0 Å². The lowest BCUT2D eigenvalue weighted by atomic mass is 10.0. The maximum atomic E-state index is 12.8. The van der Waals surface area contributed by atoms with Gasteiger partial charge in [0, 0.05) is 24.5 Å². The highest BCUT2D eigenvalue weighted by molar-refractivity contribution is 7.12. The minimum absolute atomic E-state index is 0.0401. The third-order valence-corrected chi connectivity index (χ3v) is 5.02. The Labute approximate surface area is 143 Å². The molecule has 0 saturated carbocycles. The number of amides is 1. The van der Waals surface area contributed by atoms with Gasteiger partial charge in [-0.1, -0.05) is 11.2 Å². The quantitative estimate of drug-likeness (QED) is 0.729. The molecule has 1 saturated heterocycles. The highest BCUT2D eigenvalue weighted by Crippen LogP contribution is 2.32. The number of carbonyl (C=O) groups is 1. The summed E-state index contributed by atoms with van der Waals surface area (Å²) < 4.78 is 5.48. The first-order valence-electron chi connectivity index (χ1n) is 7.91. The molecule has 4 rings (SSSR count). The molecule has 24 heavy (non-hydrogen) atoms. The summed E-state index contributed by atoms with van der Waals surface area (Å²) >= 11 is 1.46. The van der Waals surface area contributed by atoms with Crippen LogP contribution in [0, 0.1) is 0 Å². The Hall–Kier alpha value is -2.54. The second kappa shape index (κ2) is 6.52. The lowest BCUT2D eigenvalue weighted by Gasteiger charge is -2.33. The molecule has 1 amide bonds. The number of rotatable bonds is 3. The van der Waals surface area contributed by atoms with Gasteiger partial charge in [-0.3, -0.25) is 9.78 Å². The summed E-state index contributed by atoms with van der Waals surface area (Å²) in [7, 11) is 0.